The van der Waals surface area contributed by atoms with Gasteiger partial charge in [-0.15, -0.1) is 0 Å². The Morgan fingerprint density at radius 3 is 2.45 bits per heavy atom. The molecule has 0 aromatic heterocycles. The Kier molecular flexibility index (Phi) is 5.50. The van der Waals surface area contributed by atoms with Crippen LogP contribution in [0.4, 0.5) is 5.69 Å². The second-order valence-corrected chi connectivity index (χ2v) is 7.10. The zero-order valence-corrected chi connectivity index (χ0v) is 14.7. The third-order valence-electron chi connectivity index (χ3n) is 4.82. The monoisotopic (exact) mass is 338 g/mol. The summed E-state index contributed by atoms with van der Waals surface area (Å²) in [5, 5.41) is 3.30. The van der Waals surface area contributed by atoms with Crippen LogP contribution in [-0.4, -0.2) is 20.1 Å². The lowest BCUT2D eigenvalue weighted by Crippen LogP contribution is -2.34. The number of hydrogen-bond acceptors (Lipinski definition) is 2. The van der Waals surface area contributed by atoms with Crippen LogP contribution < -0.4 is 10.2 Å². The van der Waals surface area contributed by atoms with Crippen LogP contribution in [0.1, 0.15) is 51.1 Å². The maximum atomic E-state index is 3.72. The van der Waals surface area contributed by atoms with Gasteiger partial charge in [-0.3, -0.25) is 0 Å². The first-order valence-corrected chi connectivity index (χ1v) is 8.51. The predicted octanol–water partition coefficient (Wildman–Crippen LogP) is 4.74. The van der Waals surface area contributed by atoms with E-state index in [1.54, 1.807) is 0 Å². The average molecular weight is 339 g/mol. The quantitative estimate of drug-likeness (QED) is 0.852. The molecule has 1 aliphatic carbocycles. The molecule has 0 radical (unpaired) electrons. The number of benzene rings is 1. The van der Waals surface area contributed by atoms with E-state index in [0.29, 0.717) is 12.1 Å². The first-order chi connectivity index (χ1) is 9.52. The minimum atomic E-state index is 0.374. The van der Waals surface area contributed by atoms with Gasteiger partial charge in [0, 0.05) is 29.3 Å². The Balaban J connectivity index is 2.10. The molecule has 1 fully saturated rings. The Morgan fingerprint density at radius 1 is 1.25 bits per heavy atom. The number of nitrogens with one attached hydrogen (secondary N) is 1. The molecular formula is C17H27BrN2. The zero-order valence-electron chi connectivity index (χ0n) is 13.1. The van der Waals surface area contributed by atoms with Crippen molar-refractivity contribution in [1.82, 2.24) is 5.32 Å². The van der Waals surface area contributed by atoms with Crippen LogP contribution in [0.2, 0.25) is 0 Å². The van der Waals surface area contributed by atoms with Crippen LogP contribution in [0.15, 0.2) is 22.7 Å². The Hall–Kier alpha value is -0.540. The molecule has 1 aromatic carbocycles. The van der Waals surface area contributed by atoms with Gasteiger partial charge in [0.2, 0.25) is 0 Å². The molecule has 2 rings (SSSR count). The predicted molar refractivity (Wildman–Crippen MR) is 91.4 cm³/mol. The minimum Gasteiger partial charge on any atom is -0.372 e. The zero-order chi connectivity index (χ0) is 14.7. The van der Waals surface area contributed by atoms with Gasteiger partial charge in [0.15, 0.2) is 0 Å². The fourth-order valence-corrected chi connectivity index (χ4v) is 3.79. The first kappa shape index (κ1) is 15.8. The number of hydrogen-bond donors (Lipinski definition) is 1. The lowest BCUT2D eigenvalue weighted by Gasteiger charge is -2.35. The van der Waals surface area contributed by atoms with Gasteiger partial charge in [0.1, 0.15) is 0 Å². The van der Waals surface area contributed by atoms with Crippen molar-refractivity contribution in [2.75, 3.05) is 19.0 Å². The fraction of sp³-hybridized carbons (Fsp3) is 0.647. The number of anilines is 1. The largest absolute Gasteiger partial charge is 0.372 e. The summed E-state index contributed by atoms with van der Waals surface area (Å²) < 4.78 is 1.20. The van der Waals surface area contributed by atoms with E-state index in [1.807, 2.05) is 7.05 Å². The fourth-order valence-electron chi connectivity index (χ4n) is 3.08. The third kappa shape index (κ3) is 3.56. The molecule has 0 amide bonds. The molecule has 0 bridgehead atoms. The molecule has 0 saturated heterocycles. The van der Waals surface area contributed by atoms with E-state index in [9.17, 15) is 0 Å². The number of nitrogens with zero attached hydrogens (tertiary/aromatic N) is 1. The van der Waals surface area contributed by atoms with E-state index in [0.717, 1.165) is 5.92 Å². The highest BCUT2D eigenvalue weighted by Crippen LogP contribution is 2.32. The summed E-state index contributed by atoms with van der Waals surface area (Å²) in [6.45, 7) is 4.56. The van der Waals surface area contributed by atoms with Gasteiger partial charge in [0.25, 0.3) is 0 Å². The second-order valence-electron chi connectivity index (χ2n) is 6.24. The van der Waals surface area contributed by atoms with Crippen LogP contribution in [0.25, 0.3) is 0 Å². The highest BCUT2D eigenvalue weighted by molar-refractivity contribution is 9.10. The topological polar surface area (TPSA) is 15.3 Å². The van der Waals surface area contributed by atoms with Gasteiger partial charge in [-0.05, 0) is 63.3 Å². The molecule has 1 aliphatic rings. The number of rotatable bonds is 4. The maximum Gasteiger partial charge on any atom is 0.0377 e. The van der Waals surface area contributed by atoms with Gasteiger partial charge in [-0.1, -0.05) is 28.9 Å². The lowest BCUT2D eigenvalue weighted by molar-refractivity contribution is 0.341. The van der Waals surface area contributed by atoms with Crippen molar-refractivity contribution in [3.63, 3.8) is 0 Å². The highest BCUT2D eigenvalue weighted by atomic mass is 79.9. The van der Waals surface area contributed by atoms with Gasteiger partial charge in [0.05, 0.1) is 0 Å². The van der Waals surface area contributed by atoms with Crippen LogP contribution in [-0.2, 0) is 0 Å². The van der Waals surface area contributed by atoms with Crippen molar-refractivity contribution >= 4 is 21.6 Å². The van der Waals surface area contributed by atoms with E-state index < -0.39 is 0 Å². The SMILES string of the molecule is CNC(C)c1ccc(N(C)C2CCC(C)CC2)cc1Br. The Labute approximate surface area is 132 Å². The smallest absolute Gasteiger partial charge is 0.0377 e. The summed E-state index contributed by atoms with van der Waals surface area (Å²) in [7, 11) is 4.24. The third-order valence-corrected chi connectivity index (χ3v) is 5.51. The van der Waals surface area contributed by atoms with Crippen LogP contribution in [0, 0.1) is 5.92 Å². The summed E-state index contributed by atoms with van der Waals surface area (Å²) in [6.07, 6.45) is 5.38. The first-order valence-electron chi connectivity index (χ1n) is 7.72. The van der Waals surface area contributed by atoms with E-state index in [2.05, 4.69) is 65.2 Å². The lowest BCUT2D eigenvalue weighted by atomic mass is 9.86. The van der Waals surface area contributed by atoms with Gasteiger partial charge in [-0.25, -0.2) is 0 Å². The van der Waals surface area contributed by atoms with Crippen LogP contribution in [0.3, 0.4) is 0 Å². The van der Waals surface area contributed by atoms with Crippen LogP contribution >= 0.6 is 15.9 Å². The molecule has 1 N–H and O–H groups in total. The Bertz CT molecular complexity index is 439. The standard InChI is InChI=1S/C17H27BrN2/c1-12-5-7-14(8-6-12)20(4)15-9-10-16(13(2)19-3)17(18)11-15/h9-14,19H,5-8H2,1-4H3. The molecule has 0 aliphatic heterocycles. The highest BCUT2D eigenvalue weighted by Gasteiger charge is 2.22. The molecule has 1 saturated carbocycles. The van der Waals surface area contributed by atoms with Gasteiger partial charge >= 0.3 is 0 Å². The second kappa shape index (κ2) is 6.95. The summed E-state index contributed by atoms with van der Waals surface area (Å²) in [4.78, 5) is 2.46. The molecule has 0 spiro atoms. The van der Waals surface area contributed by atoms with E-state index in [1.165, 1.54) is 41.4 Å². The molecule has 112 valence electrons. The summed E-state index contributed by atoms with van der Waals surface area (Å²) in [5.41, 5.74) is 2.64. The number of halogens is 1. The minimum absolute atomic E-state index is 0.374. The normalized spacial score (nSPS) is 24.4. The van der Waals surface area contributed by atoms with Gasteiger partial charge < -0.3 is 10.2 Å². The van der Waals surface area contributed by atoms with Crippen molar-refractivity contribution in [3.05, 3.63) is 28.2 Å². The van der Waals surface area contributed by atoms with E-state index in [-0.39, 0.29) is 0 Å². The molecule has 20 heavy (non-hydrogen) atoms. The van der Waals surface area contributed by atoms with E-state index in [4.69, 9.17) is 0 Å². The molecule has 2 nitrogen and oxygen atoms in total. The molecule has 0 heterocycles. The Morgan fingerprint density at radius 2 is 1.90 bits per heavy atom. The van der Waals surface area contributed by atoms with Crippen molar-refractivity contribution in [3.8, 4) is 0 Å². The maximum absolute atomic E-state index is 3.72. The van der Waals surface area contributed by atoms with Gasteiger partial charge in [-0.2, -0.15) is 0 Å². The summed E-state index contributed by atoms with van der Waals surface area (Å²) in [6, 6.07) is 7.83. The molecule has 1 unspecified atom stereocenters. The van der Waals surface area contributed by atoms with E-state index >= 15 is 0 Å². The summed E-state index contributed by atoms with van der Waals surface area (Å²) in [5.74, 6) is 0.908. The average Bonchev–Trinajstić information content (AvgIpc) is 2.46. The molecule has 1 aromatic rings. The molecular weight excluding hydrogens is 312 g/mol. The van der Waals surface area contributed by atoms with Crippen molar-refractivity contribution in [1.29, 1.82) is 0 Å². The van der Waals surface area contributed by atoms with Crippen molar-refractivity contribution in [2.24, 2.45) is 5.92 Å². The van der Waals surface area contributed by atoms with Crippen molar-refractivity contribution in [2.45, 2.75) is 51.6 Å². The van der Waals surface area contributed by atoms with Crippen molar-refractivity contribution < 1.29 is 0 Å². The summed E-state index contributed by atoms with van der Waals surface area (Å²) >= 11 is 3.72. The van der Waals surface area contributed by atoms with Crippen LogP contribution in [0.5, 0.6) is 0 Å². The molecule has 1 atom stereocenters. The molecule has 3 heteroatoms.